The number of nitrogens with zero attached hydrogens (tertiary/aromatic N) is 1. The van der Waals surface area contributed by atoms with Gasteiger partial charge in [0, 0.05) is 24.1 Å². The van der Waals surface area contributed by atoms with Gasteiger partial charge in [0.25, 0.3) is 0 Å². The maximum absolute atomic E-state index is 13.1. The molecule has 0 aliphatic heterocycles. The van der Waals surface area contributed by atoms with E-state index in [9.17, 15) is 4.39 Å². The molecule has 1 rings (SSSR count). The molecule has 0 saturated carbocycles. The van der Waals surface area contributed by atoms with E-state index in [1.165, 1.54) is 12.1 Å². The van der Waals surface area contributed by atoms with Crippen molar-refractivity contribution < 1.29 is 14.6 Å². The molecule has 90 valence electrons. The second-order valence-electron chi connectivity index (χ2n) is 3.50. The highest BCUT2D eigenvalue weighted by atomic mass is 79.9. The van der Waals surface area contributed by atoms with Crippen LogP contribution in [0.2, 0.25) is 0 Å². The van der Waals surface area contributed by atoms with Crippen LogP contribution < -0.4 is 0 Å². The van der Waals surface area contributed by atoms with Gasteiger partial charge in [0.1, 0.15) is 5.82 Å². The summed E-state index contributed by atoms with van der Waals surface area (Å²) in [5.41, 5.74) is 0.814. The van der Waals surface area contributed by atoms with Crippen LogP contribution in [0.4, 0.5) is 4.39 Å². The molecule has 1 aromatic carbocycles. The lowest BCUT2D eigenvalue weighted by Gasteiger charge is -2.20. The predicted octanol–water partition coefficient (Wildman–Crippen LogP) is 1.37. The van der Waals surface area contributed by atoms with Crippen LogP contribution in [0.25, 0.3) is 0 Å². The van der Waals surface area contributed by atoms with E-state index in [2.05, 4.69) is 15.9 Å². The maximum atomic E-state index is 13.1. The van der Waals surface area contributed by atoms with Gasteiger partial charge in [0.2, 0.25) is 0 Å². The van der Waals surface area contributed by atoms with Crippen molar-refractivity contribution in [3.63, 3.8) is 0 Å². The highest BCUT2D eigenvalue weighted by Gasteiger charge is 2.06. The van der Waals surface area contributed by atoms with E-state index >= 15 is 0 Å². The molecule has 0 fully saturated rings. The number of aliphatic hydroxyl groups is 2. The van der Waals surface area contributed by atoms with E-state index in [4.69, 9.17) is 10.2 Å². The number of hydrogen-bond donors (Lipinski definition) is 2. The Morgan fingerprint density at radius 3 is 2.25 bits per heavy atom. The first-order valence-electron chi connectivity index (χ1n) is 5.04. The molecule has 0 unspecified atom stereocenters. The fourth-order valence-electron chi connectivity index (χ4n) is 1.51. The lowest BCUT2D eigenvalue weighted by molar-refractivity contribution is 0.156. The first kappa shape index (κ1) is 13.6. The average Bonchev–Trinajstić information content (AvgIpc) is 2.16. The fourth-order valence-corrected chi connectivity index (χ4v) is 2.03. The Bertz CT molecular complexity index is 310. The van der Waals surface area contributed by atoms with Crippen LogP contribution in [0.3, 0.4) is 0 Å². The fraction of sp³-hybridized carbons (Fsp3) is 0.455. The number of aliphatic hydroxyl groups excluding tert-OH is 2. The van der Waals surface area contributed by atoms with Crippen molar-refractivity contribution in [3.05, 3.63) is 34.1 Å². The minimum atomic E-state index is -0.294. The summed E-state index contributed by atoms with van der Waals surface area (Å²) in [4.78, 5) is 1.86. The van der Waals surface area contributed by atoms with Crippen molar-refractivity contribution in [1.82, 2.24) is 4.90 Å². The molecule has 0 heterocycles. The number of halogens is 2. The molecule has 16 heavy (non-hydrogen) atoms. The minimum absolute atomic E-state index is 0.0243. The largest absolute Gasteiger partial charge is 0.395 e. The second-order valence-corrected chi connectivity index (χ2v) is 4.42. The Morgan fingerprint density at radius 2 is 1.75 bits per heavy atom. The number of rotatable bonds is 6. The van der Waals surface area contributed by atoms with E-state index in [0.29, 0.717) is 24.1 Å². The molecule has 0 bridgehead atoms. The third kappa shape index (κ3) is 4.57. The zero-order valence-corrected chi connectivity index (χ0v) is 10.5. The quantitative estimate of drug-likeness (QED) is 0.832. The van der Waals surface area contributed by atoms with Gasteiger partial charge in [0.15, 0.2) is 0 Å². The van der Waals surface area contributed by atoms with Gasteiger partial charge in [0.05, 0.1) is 13.2 Å². The van der Waals surface area contributed by atoms with Crippen molar-refractivity contribution in [1.29, 1.82) is 0 Å². The van der Waals surface area contributed by atoms with E-state index in [0.717, 1.165) is 5.56 Å². The van der Waals surface area contributed by atoms with Crippen molar-refractivity contribution >= 4 is 15.9 Å². The Labute approximate surface area is 103 Å². The smallest absolute Gasteiger partial charge is 0.124 e. The van der Waals surface area contributed by atoms with E-state index in [1.807, 2.05) is 11.0 Å². The van der Waals surface area contributed by atoms with Gasteiger partial charge in [-0.3, -0.25) is 4.90 Å². The molecule has 0 spiro atoms. The zero-order valence-electron chi connectivity index (χ0n) is 8.87. The van der Waals surface area contributed by atoms with Crippen LogP contribution in [-0.4, -0.2) is 41.4 Å². The van der Waals surface area contributed by atoms with E-state index in [1.54, 1.807) is 0 Å². The maximum Gasteiger partial charge on any atom is 0.124 e. The Balaban J connectivity index is 2.68. The van der Waals surface area contributed by atoms with Crippen molar-refractivity contribution in [2.24, 2.45) is 0 Å². The second kappa shape index (κ2) is 6.96. The Kier molecular flexibility index (Phi) is 5.90. The van der Waals surface area contributed by atoms with Gasteiger partial charge >= 0.3 is 0 Å². The Hall–Kier alpha value is -0.490. The lowest BCUT2D eigenvalue weighted by Crippen LogP contribution is -2.29. The molecular weight excluding hydrogens is 277 g/mol. The SMILES string of the molecule is OCCN(CCO)Cc1cc(F)cc(Br)c1. The molecule has 5 heteroatoms. The van der Waals surface area contributed by atoms with Crippen molar-refractivity contribution in [2.75, 3.05) is 26.3 Å². The molecule has 3 nitrogen and oxygen atoms in total. The van der Waals surface area contributed by atoms with Gasteiger partial charge < -0.3 is 10.2 Å². The monoisotopic (exact) mass is 291 g/mol. The standard InChI is InChI=1S/C11H15BrFNO2/c12-10-5-9(6-11(13)7-10)8-14(1-3-15)2-4-16/h5-7,15-16H,1-4,8H2. The summed E-state index contributed by atoms with van der Waals surface area (Å²) in [7, 11) is 0. The third-order valence-electron chi connectivity index (χ3n) is 2.16. The third-order valence-corrected chi connectivity index (χ3v) is 2.62. The molecule has 0 radical (unpaired) electrons. The summed E-state index contributed by atoms with van der Waals surface area (Å²) in [5.74, 6) is -0.294. The van der Waals surface area contributed by atoms with Crippen LogP contribution >= 0.6 is 15.9 Å². The predicted molar refractivity (Wildman–Crippen MR) is 63.5 cm³/mol. The normalized spacial score (nSPS) is 11.1. The van der Waals surface area contributed by atoms with Gasteiger partial charge in [-0.15, -0.1) is 0 Å². The molecule has 1 aromatic rings. The molecule has 0 aromatic heterocycles. The van der Waals surface area contributed by atoms with E-state index in [-0.39, 0.29) is 19.0 Å². The first-order valence-corrected chi connectivity index (χ1v) is 5.84. The molecule has 0 saturated heterocycles. The molecule has 2 N–H and O–H groups in total. The molecule has 0 aliphatic carbocycles. The van der Waals surface area contributed by atoms with Gasteiger partial charge in [-0.25, -0.2) is 4.39 Å². The highest BCUT2D eigenvalue weighted by molar-refractivity contribution is 9.10. The van der Waals surface area contributed by atoms with Crippen molar-refractivity contribution in [2.45, 2.75) is 6.54 Å². The molecule has 0 amide bonds. The van der Waals surface area contributed by atoms with Crippen molar-refractivity contribution in [3.8, 4) is 0 Å². The number of benzene rings is 1. The van der Waals surface area contributed by atoms with Crippen LogP contribution in [0, 0.1) is 5.82 Å². The minimum Gasteiger partial charge on any atom is -0.395 e. The van der Waals surface area contributed by atoms with Gasteiger partial charge in [-0.2, -0.15) is 0 Å². The summed E-state index contributed by atoms with van der Waals surface area (Å²) in [6.45, 7) is 1.49. The zero-order chi connectivity index (χ0) is 12.0. The van der Waals surface area contributed by atoms with Gasteiger partial charge in [-0.05, 0) is 23.8 Å². The molecular formula is C11H15BrFNO2. The number of hydrogen-bond acceptors (Lipinski definition) is 3. The molecule has 0 atom stereocenters. The highest BCUT2D eigenvalue weighted by Crippen LogP contribution is 2.16. The van der Waals surface area contributed by atoms with Crippen LogP contribution in [0.1, 0.15) is 5.56 Å². The Morgan fingerprint density at radius 1 is 1.12 bits per heavy atom. The first-order chi connectivity index (χ1) is 7.65. The summed E-state index contributed by atoms with van der Waals surface area (Å²) in [6, 6.07) is 4.67. The lowest BCUT2D eigenvalue weighted by atomic mass is 10.2. The summed E-state index contributed by atoms with van der Waals surface area (Å²) in [5, 5.41) is 17.7. The van der Waals surface area contributed by atoms with E-state index < -0.39 is 0 Å². The average molecular weight is 292 g/mol. The van der Waals surface area contributed by atoms with Crippen LogP contribution in [0.5, 0.6) is 0 Å². The van der Waals surface area contributed by atoms with Crippen LogP contribution in [-0.2, 0) is 6.54 Å². The van der Waals surface area contributed by atoms with Crippen LogP contribution in [0.15, 0.2) is 22.7 Å². The summed E-state index contributed by atoms with van der Waals surface area (Å²) in [6.07, 6.45) is 0. The summed E-state index contributed by atoms with van der Waals surface area (Å²) >= 11 is 3.22. The van der Waals surface area contributed by atoms with Gasteiger partial charge in [-0.1, -0.05) is 15.9 Å². The topological polar surface area (TPSA) is 43.7 Å². The molecule has 0 aliphatic rings. The summed E-state index contributed by atoms with van der Waals surface area (Å²) < 4.78 is 13.8.